The second-order valence-electron chi connectivity index (χ2n) is 6.20. The van der Waals surface area contributed by atoms with E-state index in [0.29, 0.717) is 29.7 Å². The molecule has 29 heavy (non-hydrogen) atoms. The summed E-state index contributed by atoms with van der Waals surface area (Å²) in [5.74, 6) is 0.727. The number of carbonyl (C=O) groups is 1. The zero-order chi connectivity index (χ0) is 20.1. The number of hydrogen-bond donors (Lipinski definition) is 1. The predicted octanol–water partition coefficient (Wildman–Crippen LogP) is 4.40. The molecule has 146 valence electrons. The molecular weight excluding hydrogens is 410 g/mol. The van der Waals surface area contributed by atoms with E-state index in [2.05, 4.69) is 25.4 Å². The number of halogens is 1. The molecule has 1 aromatic carbocycles. The van der Waals surface area contributed by atoms with Gasteiger partial charge < -0.3 is 9.84 Å². The molecule has 0 saturated carbocycles. The van der Waals surface area contributed by atoms with Gasteiger partial charge in [0.2, 0.25) is 17.6 Å². The Morgan fingerprint density at radius 1 is 1.17 bits per heavy atom. The van der Waals surface area contributed by atoms with Crippen LogP contribution in [0.4, 0.5) is 5.13 Å². The van der Waals surface area contributed by atoms with Gasteiger partial charge in [-0.1, -0.05) is 35.0 Å². The number of aromatic nitrogens is 4. The molecule has 1 amide bonds. The number of carbonyl (C=O) groups excluding carboxylic acids is 1. The summed E-state index contributed by atoms with van der Waals surface area (Å²) in [6, 6.07) is 11.3. The number of nitrogens with zero attached hydrogens (tertiary/aromatic N) is 4. The number of nitrogens with one attached hydrogen (secondary N) is 1. The smallest absolute Gasteiger partial charge is 0.227 e. The number of anilines is 1. The van der Waals surface area contributed by atoms with Crippen molar-refractivity contribution in [3.8, 4) is 11.4 Å². The third-order valence-electron chi connectivity index (χ3n) is 4.09. The van der Waals surface area contributed by atoms with Crippen molar-refractivity contribution < 1.29 is 9.32 Å². The third-order valence-corrected chi connectivity index (χ3v) is 5.38. The van der Waals surface area contributed by atoms with Crippen molar-refractivity contribution in [1.29, 1.82) is 0 Å². The van der Waals surface area contributed by atoms with E-state index in [1.54, 1.807) is 30.7 Å². The first kappa shape index (κ1) is 19.2. The highest BCUT2D eigenvalue weighted by atomic mass is 35.5. The van der Waals surface area contributed by atoms with Crippen LogP contribution in [-0.4, -0.2) is 26.0 Å². The summed E-state index contributed by atoms with van der Waals surface area (Å²) in [4.78, 5) is 25.8. The number of aryl methyl sites for hydroxylation is 1. The van der Waals surface area contributed by atoms with Crippen molar-refractivity contribution in [3.05, 3.63) is 76.3 Å². The lowest BCUT2D eigenvalue weighted by atomic mass is 10.1. The first-order chi connectivity index (χ1) is 14.2. The maximum atomic E-state index is 12.2. The van der Waals surface area contributed by atoms with Crippen LogP contribution in [0.2, 0.25) is 5.02 Å². The number of thiazole rings is 1. The van der Waals surface area contributed by atoms with Gasteiger partial charge in [-0.05, 0) is 23.8 Å². The van der Waals surface area contributed by atoms with Crippen LogP contribution in [0.5, 0.6) is 0 Å². The molecule has 0 aliphatic heterocycles. The summed E-state index contributed by atoms with van der Waals surface area (Å²) >= 11 is 7.63. The second kappa shape index (κ2) is 8.93. The lowest BCUT2D eigenvalue weighted by Crippen LogP contribution is -2.12. The largest absolute Gasteiger partial charge is 0.339 e. The van der Waals surface area contributed by atoms with Crippen LogP contribution >= 0.6 is 22.9 Å². The summed E-state index contributed by atoms with van der Waals surface area (Å²) in [6.45, 7) is 0. The van der Waals surface area contributed by atoms with Crippen LogP contribution in [0.3, 0.4) is 0 Å². The predicted molar refractivity (Wildman–Crippen MR) is 111 cm³/mol. The van der Waals surface area contributed by atoms with E-state index in [9.17, 15) is 4.79 Å². The van der Waals surface area contributed by atoms with Crippen LogP contribution in [0.25, 0.3) is 11.4 Å². The van der Waals surface area contributed by atoms with Crippen molar-refractivity contribution in [2.75, 3.05) is 5.32 Å². The van der Waals surface area contributed by atoms with E-state index >= 15 is 0 Å². The molecule has 1 N–H and O–H groups in total. The first-order valence-corrected chi connectivity index (χ1v) is 10.1. The van der Waals surface area contributed by atoms with E-state index in [1.165, 1.54) is 11.3 Å². The molecular formula is C20H16ClN5O2S. The number of hydrogen-bond acceptors (Lipinski definition) is 7. The molecule has 0 spiro atoms. The van der Waals surface area contributed by atoms with Gasteiger partial charge in [-0.25, -0.2) is 4.98 Å². The summed E-state index contributed by atoms with van der Waals surface area (Å²) in [5, 5.41) is 8.02. The van der Waals surface area contributed by atoms with Crippen molar-refractivity contribution in [2.45, 2.75) is 19.3 Å². The minimum Gasteiger partial charge on any atom is -0.339 e. The third kappa shape index (κ3) is 5.04. The van der Waals surface area contributed by atoms with Gasteiger partial charge in [0.15, 0.2) is 5.13 Å². The fourth-order valence-electron chi connectivity index (χ4n) is 2.65. The first-order valence-electron chi connectivity index (χ1n) is 8.88. The molecule has 4 aromatic rings. The highest BCUT2D eigenvalue weighted by molar-refractivity contribution is 7.15. The van der Waals surface area contributed by atoms with E-state index in [4.69, 9.17) is 16.1 Å². The lowest BCUT2D eigenvalue weighted by molar-refractivity contribution is -0.116. The van der Waals surface area contributed by atoms with Gasteiger partial charge in [0.25, 0.3) is 0 Å². The summed E-state index contributed by atoms with van der Waals surface area (Å²) in [6.07, 6.45) is 6.31. The summed E-state index contributed by atoms with van der Waals surface area (Å²) < 4.78 is 5.21. The van der Waals surface area contributed by atoms with Crippen LogP contribution in [0.1, 0.15) is 22.8 Å². The molecule has 0 aliphatic carbocycles. The number of pyridine rings is 1. The Balaban J connectivity index is 1.30. The van der Waals surface area contributed by atoms with Crippen molar-refractivity contribution in [2.24, 2.45) is 0 Å². The van der Waals surface area contributed by atoms with Crippen LogP contribution < -0.4 is 5.32 Å². The monoisotopic (exact) mass is 425 g/mol. The van der Waals surface area contributed by atoms with Crippen molar-refractivity contribution >= 4 is 34.0 Å². The highest BCUT2D eigenvalue weighted by Gasteiger charge is 2.12. The SMILES string of the molecule is O=C(CCc1nc(-c2ccncc2)no1)Nc1ncc(Cc2ccccc2Cl)s1. The van der Waals surface area contributed by atoms with Crippen LogP contribution in [0, 0.1) is 0 Å². The average Bonchev–Trinajstić information content (AvgIpc) is 3.38. The number of amides is 1. The molecule has 0 bridgehead atoms. The number of rotatable bonds is 7. The lowest BCUT2D eigenvalue weighted by Gasteiger charge is -2.01. The van der Waals surface area contributed by atoms with E-state index in [0.717, 1.165) is 21.0 Å². The Bertz CT molecular complexity index is 1110. The molecule has 9 heteroatoms. The second-order valence-corrected chi connectivity index (χ2v) is 7.72. The van der Waals surface area contributed by atoms with Crippen LogP contribution in [-0.2, 0) is 17.6 Å². The maximum absolute atomic E-state index is 12.2. The standard InChI is InChI=1S/C20H16ClN5O2S/c21-16-4-2-1-3-14(16)11-15-12-23-20(29-15)24-17(27)5-6-18-25-19(26-28-18)13-7-9-22-10-8-13/h1-4,7-10,12H,5-6,11H2,(H,23,24,27). The highest BCUT2D eigenvalue weighted by Crippen LogP contribution is 2.25. The van der Waals surface area contributed by atoms with E-state index in [1.807, 2.05) is 24.3 Å². The Morgan fingerprint density at radius 3 is 2.83 bits per heavy atom. The van der Waals surface area contributed by atoms with E-state index < -0.39 is 0 Å². The van der Waals surface area contributed by atoms with Crippen molar-refractivity contribution in [1.82, 2.24) is 20.1 Å². The van der Waals surface area contributed by atoms with Gasteiger partial charge in [-0.15, -0.1) is 11.3 Å². The molecule has 3 heterocycles. The van der Waals surface area contributed by atoms with E-state index in [-0.39, 0.29) is 12.3 Å². The molecule has 0 saturated heterocycles. The summed E-state index contributed by atoms with van der Waals surface area (Å²) in [7, 11) is 0. The van der Waals surface area contributed by atoms with Gasteiger partial charge in [-0.2, -0.15) is 4.98 Å². The average molecular weight is 426 g/mol. The molecule has 0 aliphatic rings. The zero-order valence-corrected chi connectivity index (χ0v) is 16.8. The van der Waals surface area contributed by atoms with Gasteiger partial charge in [-0.3, -0.25) is 9.78 Å². The Morgan fingerprint density at radius 2 is 2.00 bits per heavy atom. The molecule has 3 aromatic heterocycles. The normalized spacial score (nSPS) is 10.8. The molecule has 0 fully saturated rings. The van der Waals surface area contributed by atoms with Crippen molar-refractivity contribution in [3.63, 3.8) is 0 Å². The van der Waals surface area contributed by atoms with Crippen LogP contribution in [0.15, 0.2) is 59.5 Å². The van der Waals surface area contributed by atoms with Gasteiger partial charge >= 0.3 is 0 Å². The minimum absolute atomic E-state index is 0.160. The van der Waals surface area contributed by atoms with Gasteiger partial charge in [0.1, 0.15) is 0 Å². The zero-order valence-electron chi connectivity index (χ0n) is 15.2. The molecule has 4 rings (SSSR count). The Labute approximate surface area is 175 Å². The summed E-state index contributed by atoms with van der Waals surface area (Å²) in [5.41, 5.74) is 1.84. The molecule has 0 unspecified atom stereocenters. The molecule has 0 radical (unpaired) electrons. The van der Waals surface area contributed by atoms with Gasteiger partial charge in [0.05, 0.1) is 0 Å². The quantitative estimate of drug-likeness (QED) is 0.471. The molecule has 7 nitrogen and oxygen atoms in total. The topological polar surface area (TPSA) is 93.8 Å². The fourth-order valence-corrected chi connectivity index (χ4v) is 3.71. The number of benzene rings is 1. The Hall–Kier alpha value is -3.10. The minimum atomic E-state index is -0.160. The molecule has 0 atom stereocenters. The van der Waals surface area contributed by atoms with Gasteiger partial charge in [0, 0.05) is 53.3 Å². The maximum Gasteiger partial charge on any atom is 0.227 e. The fraction of sp³-hybridized carbons (Fsp3) is 0.150. The Kier molecular flexibility index (Phi) is 5.92.